The highest BCUT2D eigenvalue weighted by Gasteiger charge is 2.35. The lowest BCUT2D eigenvalue weighted by Crippen LogP contribution is -2.48. The Morgan fingerprint density at radius 2 is 1.79 bits per heavy atom. The minimum absolute atomic E-state index is 0.0432. The number of sulfonamides is 1. The maximum absolute atomic E-state index is 13.2. The van der Waals surface area contributed by atoms with E-state index in [2.05, 4.69) is 10.0 Å². The fourth-order valence-electron chi connectivity index (χ4n) is 4.04. The van der Waals surface area contributed by atoms with Crippen LogP contribution in [0.25, 0.3) is 0 Å². The molecule has 2 aromatic carbocycles. The molecule has 8 heteroatoms. The molecule has 1 aliphatic heterocycles. The second-order valence-electron chi connectivity index (χ2n) is 8.86. The molecule has 2 aromatic rings. The highest BCUT2D eigenvalue weighted by Crippen LogP contribution is 2.25. The summed E-state index contributed by atoms with van der Waals surface area (Å²) in [6.45, 7) is 10.0. The van der Waals surface area contributed by atoms with E-state index < -0.39 is 16.1 Å². The van der Waals surface area contributed by atoms with E-state index in [0.29, 0.717) is 29.8 Å². The Labute approximate surface area is 196 Å². The van der Waals surface area contributed by atoms with Crippen LogP contribution in [-0.2, 0) is 14.8 Å². The number of nitrogens with one attached hydrogen (secondary N) is 2. The lowest BCUT2D eigenvalue weighted by Gasteiger charge is -2.25. The van der Waals surface area contributed by atoms with Crippen molar-refractivity contribution < 1.29 is 18.0 Å². The van der Waals surface area contributed by atoms with Gasteiger partial charge in [0.15, 0.2) is 0 Å². The molecular formula is C25H33N3O4S. The topological polar surface area (TPSA) is 95.6 Å². The zero-order chi connectivity index (χ0) is 24.3. The second-order valence-corrected chi connectivity index (χ2v) is 10.5. The molecule has 0 aliphatic carbocycles. The van der Waals surface area contributed by atoms with Gasteiger partial charge in [-0.1, -0.05) is 19.1 Å². The Hall–Kier alpha value is -2.87. The predicted molar refractivity (Wildman–Crippen MR) is 130 cm³/mol. The summed E-state index contributed by atoms with van der Waals surface area (Å²) in [6.07, 6.45) is 2.18. The van der Waals surface area contributed by atoms with Gasteiger partial charge in [0.1, 0.15) is 6.04 Å². The van der Waals surface area contributed by atoms with Gasteiger partial charge in [-0.2, -0.15) is 0 Å². The molecule has 1 aliphatic rings. The smallest absolute Gasteiger partial charge is 0.262 e. The summed E-state index contributed by atoms with van der Waals surface area (Å²) < 4.78 is 28.7. The van der Waals surface area contributed by atoms with Gasteiger partial charge in [-0.15, -0.1) is 0 Å². The van der Waals surface area contributed by atoms with Crippen molar-refractivity contribution in [1.29, 1.82) is 0 Å². The molecule has 7 nitrogen and oxygen atoms in total. The molecular weight excluding hydrogens is 438 g/mol. The van der Waals surface area contributed by atoms with Crippen molar-refractivity contribution in [2.24, 2.45) is 0 Å². The Morgan fingerprint density at radius 3 is 2.48 bits per heavy atom. The Balaban J connectivity index is 1.81. The summed E-state index contributed by atoms with van der Waals surface area (Å²) in [4.78, 5) is 27.7. The number of amides is 2. The maximum atomic E-state index is 13.2. The van der Waals surface area contributed by atoms with E-state index in [1.165, 1.54) is 6.07 Å². The number of likely N-dealkylation sites (tertiary alicyclic amines) is 1. The SMILES string of the molecule is CC[C@@H](C)NC(=O)[C@H]1CCCN1C(=O)c1cccc(NS(=O)(=O)c2cc(C)c(C)cc2C)c1. The second kappa shape index (κ2) is 9.95. The van der Waals surface area contributed by atoms with Gasteiger partial charge in [-0.25, -0.2) is 8.42 Å². The summed E-state index contributed by atoms with van der Waals surface area (Å²) in [6, 6.07) is 9.47. The Bertz CT molecular complexity index is 1160. The van der Waals surface area contributed by atoms with E-state index in [4.69, 9.17) is 0 Å². The van der Waals surface area contributed by atoms with Crippen LogP contribution in [0.15, 0.2) is 41.3 Å². The van der Waals surface area contributed by atoms with Crippen molar-refractivity contribution in [3.63, 3.8) is 0 Å². The molecule has 0 spiro atoms. The van der Waals surface area contributed by atoms with Gasteiger partial charge < -0.3 is 10.2 Å². The van der Waals surface area contributed by atoms with E-state index >= 15 is 0 Å². The third kappa shape index (κ3) is 5.55. The molecule has 3 rings (SSSR count). The van der Waals surface area contributed by atoms with Gasteiger partial charge in [-0.3, -0.25) is 14.3 Å². The highest BCUT2D eigenvalue weighted by atomic mass is 32.2. The van der Waals surface area contributed by atoms with Crippen LogP contribution in [-0.4, -0.2) is 43.8 Å². The third-order valence-corrected chi connectivity index (χ3v) is 7.78. The first-order valence-corrected chi connectivity index (χ1v) is 12.8. The Morgan fingerprint density at radius 1 is 1.09 bits per heavy atom. The summed E-state index contributed by atoms with van der Waals surface area (Å²) >= 11 is 0. The first kappa shape index (κ1) is 24.8. The van der Waals surface area contributed by atoms with Crippen molar-refractivity contribution in [2.75, 3.05) is 11.3 Å². The number of benzene rings is 2. The first-order valence-electron chi connectivity index (χ1n) is 11.4. The van der Waals surface area contributed by atoms with E-state index in [9.17, 15) is 18.0 Å². The number of aryl methyl sites for hydroxylation is 3. The standard InChI is InChI=1S/C25H33N3O4S/c1-6-19(5)26-24(29)22-11-8-12-28(22)25(30)20-9-7-10-21(15-20)27-33(31,32)23-14-17(3)16(2)13-18(23)4/h7,9-10,13-15,19,22,27H,6,8,11-12H2,1-5H3,(H,26,29)/t19-,22-/m1/s1. The van der Waals surface area contributed by atoms with Crippen LogP contribution < -0.4 is 10.0 Å². The zero-order valence-electron chi connectivity index (χ0n) is 19.9. The molecule has 2 N–H and O–H groups in total. The summed E-state index contributed by atoms with van der Waals surface area (Å²) in [5.74, 6) is -0.419. The number of hydrogen-bond acceptors (Lipinski definition) is 4. The molecule has 1 fully saturated rings. The number of hydrogen-bond donors (Lipinski definition) is 2. The van der Waals surface area contributed by atoms with Crippen LogP contribution in [0.3, 0.4) is 0 Å². The number of carbonyl (C=O) groups excluding carboxylic acids is 2. The minimum atomic E-state index is -3.82. The monoisotopic (exact) mass is 471 g/mol. The molecule has 0 radical (unpaired) electrons. The fraction of sp³-hybridized carbons (Fsp3) is 0.440. The van der Waals surface area contributed by atoms with Crippen LogP contribution in [0.1, 0.15) is 60.2 Å². The van der Waals surface area contributed by atoms with Crippen LogP contribution in [0, 0.1) is 20.8 Å². The number of carbonyl (C=O) groups is 2. The van der Waals surface area contributed by atoms with Crippen LogP contribution in [0.4, 0.5) is 5.69 Å². The zero-order valence-corrected chi connectivity index (χ0v) is 20.8. The molecule has 1 heterocycles. The molecule has 0 unspecified atom stereocenters. The van der Waals surface area contributed by atoms with Gasteiger partial charge >= 0.3 is 0 Å². The molecule has 2 amide bonds. The summed E-state index contributed by atoms with van der Waals surface area (Å²) in [5, 5.41) is 2.96. The van der Waals surface area contributed by atoms with Crippen molar-refractivity contribution in [3.8, 4) is 0 Å². The van der Waals surface area contributed by atoms with E-state index in [1.807, 2.05) is 33.8 Å². The van der Waals surface area contributed by atoms with E-state index in [-0.39, 0.29) is 22.8 Å². The van der Waals surface area contributed by atoms with Gasteiger partial charge in [0.25, 0.3) is 15.9 Å². The van der Waals surface area contributed by atoms with Crippen molar-refractivity contribution >= 4 is 27.5 Å². The minimum Gasteiger partial charge on any atom is -0.352 e. The summed E-state index contributed by atoms with van der Waals surface area (Å²) in [5.41, 5.74) is 3.22. The van der Waals surface area contributed by atoms with Gasteiger partial charge in [0, 0.05) is 23.8 Å². The predicted octanol–water partition coefficient (Wildman–Crippen LogP) is 3.93. The van der Waals surface area contributed by atoms with Gasteiger partial charge in [0.2, 0.25) is 5.91 Å². The molecule has 33 heavy (non-hydrogen) atoms. The maximum Gasteiger partial charge on any atom is 0.262 e. The average molecular weight is 472 g/mol. The average Bonchev–Trinajstić information content (AvgIpc) is 3.25. The lowest BCUT2D eigenvalue weighted by atomic mass is 10.1. The molecule has 0 aromatic heterocycles. The van der Waals surface area contributed by atoms with Crippen LogP contribution >= 0.6 is 0 Å². The van der Waals surface area contributed by atoms with Crippen molar-refractivity contribution in [1.82, 2.24) is 10.2 Å². The van der Waals surface area contributed by atoms with Gasteiger partial charge in [-0.05, 0) is 87.9 Å². The molecule has 178 valence electrons. The largest absolute Gasteiger partial charge is 0.352 e. The molecule has 0 bridgehead atoms. The van der Waals surface area contributed by atoms with E-state index in [1.54, 1.807) is 36.1 Å². The summed E-state index contributed by atoms with van der Waals surface area (Å²) in [7, 11) is -3.82. The van der Waals surface area contributed by atoms with Crippen LogP contribution in [0.5, 0.6) is 0 Å². The third-order valence-electron chi connectivity index (χ3n) is 6.26. The van der Waals surface area contributed by atoms with Crippen molar-refractivity contribution in [3.05, 3.63) is 58.7 Å². The molecule has 1 saturated heterocycles. The number of rotatable bonds is 7. The molecule has 0 saturated carbocycles. The highest BCUT2D eigenvalue weighted by molar-refractivity contribution is 7.92. The fourth-order valence-corrected chi connectivity index (χ4v) is 5.40. The normalized spacial score (nSPS) is 17.0. The van der Waals surface area contributed by atoms with Crippen molar-refractivity contribution in [2.45, 2.75) is 70.9 Å². The van der Waals surface area contributed by atoms with Crippen LogP contribution in [0.2, 0.25) is 0 Å². The first-order chi connectivity index (χ1) is 15.5. The number of anilines is 1. The van der Waals surface area contributed by atoms with E-state index in [0.717, 1.165) is 24.0 Å². The quantitative estimate of drug-likeness (QED) is 0.640. The number of nitrogens with zero attached hydrogens (tertiary/aromatic N) is 1. The Kier molecular flexibility index (Phi) is 7.47. The molecule has 2 atom stereocenters. The lowest BCUT2D eigenvalue weighted by molar-refractivity contribution is -0.125. The van der Waals surface area contributed by atoms with Gasteiger partial charge in [0.05, 0.1) is 4.90 Å².